The van der Waals surface area contributed by atoms with Gasteiger partial charge < -0.3 is 4.57 Å². The molecule has 0 saturated carbocycles. The molecule has 0 radical (unpaired) electrons. The number of amides is 1. The molecule has 1 aromatic rings. The summed E-state index contributed by atoms with van der Waals surface area (Å²) in [6.07, 6.45) is 5.08. The van der Waals surface area contributed by atoms with Gasteiger partial charge in [-0.15, -0.1) is 0 Å². The lowest BCUT2D eigenvalue weighted by atomic mass is 10.4. The van der Waals surface area contributed by atoms with Gasteiger partial charge in [-0.25, -0.2) is 5.43 Å². The summed E-state index contributed by atoms with van der Waals surface area (Å²) in [5, 5.41) is 11.9. The molecule has 5 nitrogen and oxygen atoms in total. The molecule has 1 amide bonds. The summed E-state index contributed by atoms with van der Waals surface area (Å²) >= 11 is 0. The molecule has 14 heavy (non-hydrogen) atoms. The molecular formula is C9H10N4O. The van der Waals surface area contributed by atoms with Crippen molar-refractivity contribution in [1.29, 1.82) is 5.26 Å². The lowest BCUT2D eigenvalue weighted by Crippen LogP contribution is -2.15. The summed E-state index contributed by atoms with van der Waals surface area (Å²) < 4.78 is 1.87. The Hall–Kier alpha value is -2.09. The summed E-state index contributed by atoms with van der Waals surface area (Å²) in [6, 6.07) is 3.59. The number of nitrogens with zero attached hydrogens (tertiary/aromatic N) is 3. The topological polar surface area (TPSA) is 70.2 Å². The van der Waals surface area contributed by atoms with E-state index in [1.54, 1.807) is 6.07 Å². The van der Waals surface area contributed by atoms with E-state index < -0.39 is 5.91 Å². The average molecular weight is 190 g/mol. The Labute approximate surface area is 81.6 Å². The van der Waals surface area contributed by atoms with Gasteiger partial charge >= 0.3 is 0 Å². The van der Waals surface area contributed by atoms with Crippen LogP contribution in [-0.2, 0) is 11.8 Å². The first-order chi connectivity index (χ1) is 6.72. The molecule has 0 spiro atoms. The fourth-order valence-electron chi connectivity index (χ4n) is 0.891. The highest BCUT2D eigenvalue weighted by Gasteiger charge is 1.95. The van der Waals surface area contributed by atoms with Gasteiger partial charge in [-0.1, -0.05) is 0 Å². The van der Waals surface area contributed by atoms with Gasteiger partial charge in [0.05, 0.1) is 12.3 Å². The molecule has 0 aliphatic rings. The average Bonchev–Trinajstić information content (AvgIpc) is 2.52. The van der Waals surface area contributed by atoms with Crippen LogP contribution in [0.4, 0.5) is 0 Å². The Morgan fingerprint density at radius 3 is 3.21 bits per heavy atom. The van der Waals surface area contributed by atoms with Gasteiger partial charge in [0.25, 0.3) is 5.91 Å². The summed E-state index contributed by atoms with van der Waals surface area (Å²) in [5.41, 5.74) is 3.13. The predicted molar refractivity (Wildman–Crippen MR) is 51.4 cm³/mol. The first kappa shape index (κ1) is 9.99. The van der Waals surface area contributed by atoms with Gasteiger partial charge in [-0.05, 0) is 6.07 Å². The number of aryl methyl sites for hydroxylation is 1. The Kier molecular flexibility index (Phi) is 3.44. The molecule has 0 aliphatic carbocycles. The maximum atomic E-state index is 10.8. The van der Waals surface area contributed by atoms with Gasteiger partial charge in [-0.3, -0.25) is 4.79 Å². The molecule has 5 heteroatoms. The van der Waals surface area contributed by atoms with Gasteiger partial charge in [0.2, 0.25) is 0 Å². The van der Waals surface area contributed by atoms with Gasteiger partial charge in [0, 0.05) is 25.0 Å². The van der Waals surface area contributed by atoms with E-state index in [1.165, 1.54) is 6.21 Å². The van der Waals surface area contributed by atoms with Crippen LogP contribution < -0.4 is 5.43 Å². The highest BCUT2D eigenvalue weighted by molar-refractivity contribution is 5.82. The largest absolute Gasteiger partial charge is 0.357 e. The zero-order chi connectivity index (χ0) is 10.4. The van der Waals surface area contributed by atoms with Gasteiger partial charge in [-0.2, -0.15) is 10.4 Å². The highest BCUT2D eigenvalue weighted by Crippen LogP contribution is 1.94. The number of hydrogen-bond acceptors (Lipinski definition) is 3. The van der Waals surface area contributed by atoms with E-state index in [9.17, 15) is 4.79 Å². The summed E-state index contributed by atoms with van der Waals surface area (Å²) in [6.45, 7) is 0. The first-order valence-electron chi connectivity index (χ1n) is 4.03. The number of nitriles is 1. The number of hydrogen-bond donors (Lipinski definition) is 1. The third-order valence-electron chi connectivity index (χ3n) is 1.50. The molecule has 0 saturated heterocycles. The molecule has 0 atom stereocenters. The number of nitrogens with one attached hydrogen (secondary N) is 1. The van der Waals surface area contributed by atoms with Crippen molar-refractivity contribution in [3.63, 3.8) is 0 Å². The van der Waals surface area contributed by atoms with Crippen molar-refractivity contribution in [3.05, 3.63) is 24.0 Å². The minimum atomic E-state index is -0.403. The van der Waals surface area contributed by atoms with Crippen molar-refractivity contribution in [2.75, 3.05) is 0 Å². The van der Waals surface area contributed by atoms with Crippen LogP contribution in [-0.4, -0.2) is 16.7 Å². The second-order valence-corrected chi connectivity index (χ2v) is 2.74. The lowest BCUT2D eigenvalue weighted by molar-refractivity contribution is -0.120. The molecule has 1 heterocycles. The van der Waals surface area contributed by atoms with Crippen LogP contribution in [0, 0.1) is 11.3 Å². The molecule has 0 fully saturated rings. The zero-order valence-electron chi connectivity index (χ0n) is 7.77. The molecule has 0 unspecified atom stereocenters. The third kappa shape index (κ3) is 3.11. The van der Waals surface area contributed by atoms with Crippen LogP contribution in [0.2, 0.25) is 0 Å². The molecule has 0 aliphatic heterocycles. The smallest absolute Gasteiger partial charge is 0.254 e. The third-order valence-corrected chi connectivity index (χ3v) is 1.50. The van der Waals surface area contributed by atoms with E-state index in [0.29, 0.717) is 0 Å². The number of hydrazone groups is 1. The van der Waals surface area contributed by atoms with Crippen LogP contribution in [0.25, 0.3) is 0 Å². The van der Waals surface area contributed by atoms with E-state index in [4.69, 9.17) is 5.26 Å². The summed E-state index contributed by atoms with van der Waals surface area (Å²) in [4.78, 5) is 10.8. The van der Waals surface area contributed by atoms with Crippen molar-refractivity contribution in [2.24, 2.45) is 12.1 Å². The predicted octanol–water partition coefficient (Wildman–Crippen LogP) is 0.389. The van der Waals surface area contributed by atoms with Crippen molar-refractivity contribution in [3.8, 4) is 6.07 Å². The molecule has 1 rings (SSSR count). The van der Waals surface area contributed by atoms with Crippen molar-refractivity contribution >= 4 is 12.1 Å². The van der Waals surface area contributed by atoms with Crippen molar-refractivity contribution < 1.29 is 4.79 Å². The number of aromatic nitrogens is 1. The number of carbonyl (C=O) groups is 1. The number of carbonyl (C=O) groups excluding carboxylic acids is 1. The Morgan fingerprint density at radius 2 is 2.64 bits per heavy atom. The zero-order valence-corrected chi connectivity index (χ0v) is 7.77. The van der Waals surface area contributed by atoms with E-state index in [1.807, 2.05) is 30.1 Å². The minimum Gasteiger partial charge on any atom is -0.357 e. The van der Waals surface area contributed by atoms with E-state index in [2.05, 4.69) is 10.5 Å². The number of rotatable bonds is 3. The van der Waals surface area contributed by atoms with Crippen LogP contribution >= 0.6 is 0 Å². The van der Waals surface area contributed by atoms with E-state index in [0.717, 1.165) is 5.56 Å². The maximum absolute atomic E-state index is 10.8. The van der Waals surface area contributed by atoms with Crippen LogP contribution in [0.3, 0.4) is 0 Å². The summed E-state index contributed by atoms with van der Waals surface area (Å²) in [5.74, 6) is -0.403. The van der Waals surface area contributed by atoms with Gasteiger partial charge in [0.15, 0.2) is 0 Å². The quantitative estimate of drug-likeness (QED) is 0.553. The standard InChI is InChI=1S/C9H10N4O/c1-13-5-3-8(7-13)6-11-12-9(14)2-4-10/h3,5-7H,2H2,1H3,(H,12,14)/b11-6-. The van der Waals surface area contributed by atoms with Crippen molar-refractivity contribution in [2.45, 2.75) is 6.42 Å². The molecule has 0 bridgehead atoms. The molecule has 72 valence electrons. The lowest BCUT2D eigenvalue weighted by Gasteiger charge is -1.91. The van der Waals surface area contributed by atoms with E-state index in [-0.39, 0.29) is 6.42 Å². The van der Waals surface area contributed by atoms with Crippen LogP contribution in [0.1, 0.15) is 12.0 Å². The normalized spacial score (nSPS) is 10.0. The monoisotopic (exact) mass is 190 g/mol. The molecular weight excluding hydrogens is 180 g/mol. The fraction of sp³-hybridized carbons (Fsp3) is 0.222. The fourth-order valence-corrected chi connectivity index (χ4v) is 0.891. The second kappa shape index (κ2) is 4.82. The Bertz CT molecular complexity index is 386. The molecule has 1 aromatic heterocycles. The minimum absolute atomic E-state index is 0.174. The van der Waals surface area contributed by atoms with Crippen LogP contribution in [0.5, 0.6) is 0 Å². The first-order valence-corrected chi connectivity index (χ1v) is 4.03. The maximum Gasteiger partial charge on any atom is 0.254 e. The molecule has 0 aromatic carbocycles. The summed E-state index contributed by atoms with van der Waals surface area (Å²) in [7, 11) is 1.89. The highest BCUT2D eigenvalue weighted by atomic mass is 16.2. The Balaban J connectivity index is 2.42. The van der Waals surface area contributed by atoms with Crippen molar-refractivity contribution in [1.82, 2.24) is 9.99 Å². The Morgan fingerprint density at radius 1 is 1.86 bits per heavy atom. The van der Waals surface area contributed by atoms with Crippen LogP contribution in [0.15, 0.2) is 23.6 Å². The van der Waals surface area contributed by atoms with E-state index >= 15 is 0 Å². The molecule has 1 N–H and O–H groups in total. The SMILES string of the molecule is Cn1ccc(/C=N\NC(=O)CC#N)c1. The second-order valence-electron chi connectivity index (χ2n) is 2.74. The van der Waals surface area contributed by atoms with Gasteiger partial charge in [0.1, 0.15) is 6.42 Å².